The minimum absolute atomic E-state index is 0.0182. The summed E-state index contributed by atoms with van der Waals surface area (Å²) in [5.41, 5.74) is -3.06. The molecule has 2 fully saturated rings. The van der Waals surface area contributed by atoms with Crippen molar-refractivity contribution in [1.29, 1.82) is 0 Å². The van der Waals surface area contributed by atoms with Gasteiger partial charge in [0.25, 0.3) is 11.8 Å². The first-order chi connectivity index (χ1) is 19.8. The molecule has 4 atom stereocenters. The lowest BCUT2D eigenvalue weighted by Crippen LogP contribution is -2.57. The normalized spacial score (nSPS) is 24.5. The van der Waals surface area contributed by atoms with E-state index in [1.54, 1.807) is 4.90 Å². The maximum Gasteiger partial charge on any atom is 0.341 e. The Hall–Kier alpha value is -4.21. The van der Waals surface area contributed by atoms with Crippen LogP contribution in [0.3, 0.4) is 0 Å². The lowest BCUT2D eigenvalue weighted by Gasteiger charge is -2.44. The standard InChI is InChI=1S/C13H13ClN2O5.C13H14N2O6/c1-6-2-3-21-8-5-15-4-7(13(19)20)11(17)9(14)10(15)12(18)16(6)8;1-6-2-3-21-8-5-14-4-7(13(19)20)10(16)11(17)9(14)12(18)15(6)8/h4,6,8H,2-3,5H2,1H3,(H,19,20);4,6,8,17H,2-3,5H2,1H3,(H,19,20)/t2*6-,8+/m11/s1. The molecule has 0 spiro atoms. The van der Waals surface area contributed by atoms with Crippen LogP contribution in [0.25, 0.3) is 0 Å². The van der Waals surface area contributed by atoms with Crippen molar-refractivity contribution in [3.63, 3.8) is 0 Å². The molecule has 0 unspecified atom stereocenters. The highest BCUT2D eigenvalue weighted by molar-refractivity contribution is 6.33. The van der Waals surface area contributed by atoms with Crippen molar-refractivity contribution in [2.24, 2.45) is 0 Å². The van der Waals surface area contributed by atoms with Crippen LogP contribution in [0.2, 0.25) is 5.02 Å². The fourth-order valence-electron chi connectivity index (χ4n) is 5.59. The van der Waals surface area contributed by atoms with Crippen LogP contribution >= 0.6 is 11.6 Å². The summed E-state index contributed by atoms with van der Waals surface area (Å²) in [5.74, 6) is -4.57. The van der Waals surface area contributed by atoms with Gasteiger partial charge in [-0.05, 0) is 26.7 Å². The SMILES string of the molecule is C[C@@H]1CCO[C@H]2Cn3cc(C(=O)O)c(=O)c(Cl)c3C(=O)N12.C[C@@H]1CCO[C@H]2Cn3cc(C(=O)O)c(=O)c(O)c3C(=O)N12. The quantitative estimate of drug-likeness (QED) is 0.433. The highest BCUT2D eigenvalue weighted by Gasteiger charge is 2.42. The number of amides is 2. The summed E-state index contributed by atoms with van der Waals surface area (Å²) in [6.45, 7) is 5.24. The number of carbonyl (C=O) groups is 4. The minimum atomic E-state index is -1.45. The molecular weight excluding hydrogens is 580 g/mol. The third kappa shape index (κ3) is 4.72. The zero-order chi connectivity index (χ0) is 30.6. The number of pyridine rings is 2. The van der Waals surface area contributed by atoms with E-state index in [1.165, 1.54) is 14.0 Å². The number of hydrogen-bond donors (Lipinski definition) is 3. The monoisotopic (exact) mass is 606 g/mol. The van der Waals surface area contributed by atoms with Crippen LogP contribution in [0.1, 0.15) is 68.4 Å². The Balaban J connectivity index is 0.000000168. The maximum absolute atomic E-state index is 12.6. The van der Waals surface area contributed by atoms with Gasteiger partial charge in [-0.2, -0.15) is 0 Å². The molecule has 2 saturated heterocycles. The fourth-order valence-corrected chi connectivity index (χ4v) is 5.89. The van der Waals surface area contributed by atoms with Crippen molar-refractivity contribution in [3.8, 4) is 5.75 Å². The summed E-state index contributed by atoms with van der Waals surface area (Å²) in [6, 6.07) is -0.0889. The number of fused-ring (bicyclic) bond motifs is 4. The molecule has 4 aliphatic heterocycles. The Morgan fingerprint density at radius 2 is 1.21 bits per heavy atom. The van der Waals surface area contributed by atoms with Crippen LogP contribution in [0.4, 0.5) is 0 Å². The van der Waals surface area contributed by atoms with Gasteiger partial charge in [-0.3, -0.25) is 19.2 Å². The average Bonchev–Trinajstić information content (AvgIpc) is 2.92. The van der Waals surface area contributed by atoms with Gasteiger partial charge < -0.3 is 43.7 Å². The third-order valence-electron chi connectivity index (χ3n) is 7.78. The summed E-state index contributed by atoms with van der Waals surface area (Å²) in [4.78, 5) is 74.0. The molecular formula is C26H27ClN4O11. The number of carbonyl (C=O) groups excluding carboxylic acids is 2. The minimum Gasteiger partial charge on any atom is -0.503 e. The molecule has 2 aromatic heterocycles. The van der Waals surface area contributed by atoms with Crippen molar-refractivity contribution >= 4 is 35.4 Å². The largest absolute Gasteiger partial charge is 0.503 e. The molecule has 4 aliphatic rings. The van der Waals surface area contributed by atoms with Gasteiger partial charge in [-0.1, -0.05) is 11.6 Å². The fraction of sp³-hybridized carbons (Fsp3) is 0.462. The second kappa shape index (κ2) is 10.9. The molecule has 16 heteroatoms. The van der Waals surface area contributed by atoms with Crippen molar-refractivity contribution in [2.45, 2.75) is 64.3 Å². The molecule has 0 aliphatic carbocycles. The zero-order valence-corrected chi connectivity index (χ0v) is 23.2. The van der Waals surface area contributed by atoms with Gasteiger partial charge in [0.15, 0.2) is 23.9 Å². The summed E-state index contributed by atoms with van der Waals surface area (Å²) >= 11 is 5.95. The van der Waals surface area contributed by atoms with Gasteiger partial charge >= 0.3 is 11.9 Å². The van der Waals surface area contributed by atoms with Crippen LogP contribution in [-0.2, 0) is 22.6 Å². The van der Waals surface area contributed by atoms with Gasteiger partial charge in [0.1, 0.15) is 21.8 Å². The second-order valence-corrected chi connectivity index (χ2v) is 10.7. The molecule has 0 aromatic carbocycles. The predicted molar refractivity (Wildman–Crippen MR) is 142 cm³/mol. The van der Waals surface area contributed by atoms with E-state index < -0.39 is 63.9 Å². The Bertz CT molecular complexity index is 1510. The van der Waals surface area contributed by atoms with Gasteiger partial charge in [0.2, 0.25) is 10.9 Å². The van der Waals surface area contributed by atoms with E-state index in [9.17, 15) is 33.9 Å². The van der Waals surface area contributed by atoms with Gasteiger partial charge in [-0.25, -0.2) is 9.59 Å². The Morgan fingerprint density at radius 3 is 1.69 bits per heavy atom. The maximum atomic E-state index is 12.6. The summed E-state index contributed by atoms with van der Waals surface area (Å²) < 4.78 is 13.8. The van der Waals surface area contributed by atoms with E-state index in [0.717, 1.165) is 12.4 Å². The highest BCUT2D eigenvalue weighted by atomic mass is 35.5. The number of carboxylic acids is 2. The molecule has 42 heavy (non-hydrogen) atoms. The molecule has 0 bridgehead atoms. The van der Waals surface area contributed by atoms with Crippen molar-refractivity contribution in [2.75, 3.05) is 13.2 Å². The van der Waals surface area contributed by atoms with Crippen molar-refractivity contribution < 1.29 is 44.0 Å². The van der Waals surface area contributed by atoms with Crippen LogP contribution in [0.5, 0.6) is 5.75 Å². The Morgan fingerprint density at radius 1 is 0.786 bits per heavy atom. The van der Waals surface area contributed by atoms with E-state index in [0.29, 0.717) is 26.1 Å². The van der Waals surface area contributed by atoms with Gasteiger partial charge in [-0.15, -0.1) is 0 Å². The number of ether oxygens (including phenoxy) is 2. The van der Waals surface area contributed by atoms with Crippen LogP contribution < -0.4 is 10.9 Å². The number of hydrogen-bond acceptors (Lipinski definition) is 9. The summed E-state index contributed by atoms with van der Waals surface area (Å²) in [7, 11) is 0. The van der Waals surface area contributed by atoms with Crippen molar-refractivity contribution in [3.05, 3.63) is 60.4 Å². The number of aromatic carboxylic acids is 2. The van der Waals surface area contributed by atoms with Crippen LogP contribution in [0, 0.1) is 0 Å². The summed E-state index contributed by atoms with van der Waals surface area (Å²) in [6.07, 6.45) is 2.63. The first kappa shape index (κ1) is 29.3. The highest BCUT2D eigenvalue weighted by Crippen LogP contribution is 2.30. The van der Waals surface area contributed by atoms with E-state index >= 15 is 0 Å². The van der Waals surface area contributed by atoms with Gasteiger partial charge in [0.05, 0.1) is 26.3 Å². The van der Waals surface area contributed by atoms with E-state index in [1.807, 2.05) is 13.8 Å². The number of halogens is 1. The lowest BCUT2D eigenvalue weighted by molar-refractivity contribution is -0.112. The molecule has 3 N–H and O–H groups in total. The predicted octanol–water partition coefficient (Wildman–Crippen LogP) is 0.633. The molecule has 6 rings (SSSR count). The molecule has 0 saturated carbocycles. The number of nitrogens with zero attached hydrogens (tertiary/aromatic N) is 4. The van der Waals surface area contributed by atoms with Gasteiger partial charge in [0, 0.05) is 24.5 Å². The molecule has 6 heterocycles. The lowest BCUT2D eigenvalue weighted by atomic mass is 10.1. The topological polar surface area (TPSA) is 198 Å². The zero-order valence-electron chi connectivity index (χ0n) is 22.5. The van der Waals surface area contributed by atoms with E-state index in [2.05, 4.69) is 0 Å². The number of aromatic nitrogens is 2. The number of carboxylic acid groups (broad SMARTS) is 2. The van der Waals surface area contributed by atoms with Crippen LogP contribution in [0.15, 0.2) is 22.0 Å². The van der Waals surface area contributed by atoms with Crippen LogP contribution in [-0.4, -0.2) is 95.8 Å². The second-order valence-electron chi connectivity index (χ2n) is 10.4. The number of aromatic hydroxyl groups is 1. The molecule has 2 amide bonds. The smallest absolute Gasteiger partial charge is 0.341 e. The molecule has 224 valence electrons. The third-order valence-corrected chi connectivity index (χ3v) is 8.13. The Kier molecular flexibility index (Phi) is 7.59. The summed E-state index contributed by atoms with van der Waals surface area (Å²) in [5, 5.41) is 27.6. The average molecular weight is 607 g/mol. The molecule has 2 aromatic rings. The van der Waals surface area contributed by atoms with E-state index in [4.69, 9.17) is 31.3 Å². The molecule has 0 radical (unpaired) electrons. The molecule has 15 nitrogen and oxygen atoms in total. The van der Waals surface area contributed by atoms with Crippen molar-refractivity contribution in [1.82, 2.24) is 18.9 Å². The number of rotatable bonds is 2. The first-order valence-corrected chi connectivity index (χ1v) is 13.5. The first-order valence-electron chi connectivity index (χ1n) is 13.1. The van der Waals surface area contributed by atoms with E-state index in [-0.39, 0.29) is 41.6 Å². The Labute approximate surface area is 242 Å².